The van der Waals surface area contributed by atoms with E-state index in [0.717, 1.165) is 24.7 Å². The molecule has 0 aromatic carbocycles. The predicted octanol–water partition coefficient (Wildman–Crippen LogP) is 2.18. The largest absolute Gasteiger partial charge is 0.331 e. The minimum atomic E-state index is 0.495. The van der Waals surface area contributed by atoms with E-state index in [4.69, 9.17) is 0 Å². The first-order valence-electron chi connectivity index (χ1n) is 7.60. The van der Waals surface area contributed by atoms with Gasteiger partial charge in [0, 0.05) is 36.9 Å². The maximum absolute atomic E-state index is 4.31. The van der Waals surface area contributed by atoms with Crippen LogP contribution in [0.3, 0.4) is 0 Å². The molecule has 1 aromatic rings. The van der Waals surface area contributed by atoms with Crippen LogP contribution in [-0.4, -0.2) is 39.6 Å². The van der Waals surface area contributed by atoms with Crippen LogP contribution in [0.15, 0.2) is 12.5 Å². The Morgan fingerprint density at radius 2 is 2.05 bits per heavy atom. The Balaban J connectivity index is 1.64. The van der Waals surface area contributed by atoms with Gasteiger partial charge in [-0.3, -0.25) is 4.90 Å². The third kappa shape index (κ3) is 2.70. The predicted molar refractivity (Wildman–Crippen MR) is 77.0 cm³/mol. The van der Waals surface area contributed by atoms with Crippen molar-refractivity contribution in [1.82, 2.24) is 19.8 Å². The van der Waals surface area contributed by atoms with E-state index in [2.05, 4.69) is 40.7 Å². The third-order valence-electron chi connectivity index (χ3n) is 4.79. The number of hydrogen-bond donors (Lipinski definition) is 1. The molecule has 3 rings (SSSR count). The smallest absolute Gasteiger partial charge is 0.0951 e. The maximum atomic E-state index is 4.31. The van der Waals surface area contributed by atoms with Gasteiger partial charge in [0.2, 0.25) is 0 Å². The van der Waals surface area contributed by atoms with Gasteiger partial charge in [0.1, 0.15) is 0 Å². The summed E-state index contributed by atoms with van der Waals surface area (Å²) in [6.45, 7) is 5.45. The molecule has 19 heavy (non-hydrogen) atoms. The van der Waals surface area contributed by atoms with Crippen molar-refractivity contribution in [3.8, 4) is 0 Å². The maximum Gasteiger partial charge on any atom is 0.0951 e. The van der Waals surface area contributed by atoms with Crippen LogP contribution >= 0.6 is 0 Å². The highest BCUT2D eigenvalue weighted by molar-refractivity contribution is 5.02. The minimum Gasteiger partial charge on any atom is -0.331 e. The van der Waals surface area contributed by atoms with Crippen molar-refractivity contribution >= 4 is 0 Å². The first kappa shape index (κ1) is 13.1. The number of piperidine rings is 1. The molecule has 0 radical (unpaired) electrons. The van der Waals surface area contributed by atoms with Crippen LogP contribution in [0.1, 0.15) is 51.3 Å². The van der Waals surface area contributed by atoms with Crippen molar-refractivity contribution in [2.45, 2.75) is 70.2 Å². The number of aromatic nitrogens is 2. The second kappa shape index (κ2) is 5.25. The first-order chi connectivity index (χ1) is 9.13. The molecule has 2 bridgehead atoms. The van der Waals surface area contributed by atoms with E-state index in [1.54, 1.807) is 0 Å². The summed E-state index contributed by atoms with van der Waals surface area (Å²) in [6, 6.07) is 2.76. The van der Waals surface area contributed by atoms with E-state index in [-0.39, 0.29) is 0 Å². The molecule has 4 heteroatoms. The Hall–Kier alpha value is -0.870. The van der Waals surface area contributed by atoms with Gasteiger partial charge in [-0.2, -0.15) is 0 Å². The Morgan fingerprint density at radius 1 is 1.37 bits per heavy atom. The minimum absolute atomic E-state index is 0.495. The molecule has 2 atom stereocenters. The van der Waals surface area contributed by atoms with Gasteiger partial charge in [0.05, 0.1) is 12.0 Å². The fourth-order valence-corrected chi connectivity index (χ4v) is 3.69. The standard InChI is InChI=1S/C15H26N4/c1-11(2)19-10-16-8-15(19)9-18(3)14-6-12-4-5-13(7-14)17-12/h8,10-14,17H,4-7,9H2,1-3H3. The number of imidazole rings is 1. The van der Waals surface area contributed by atoms with Crippen LogP contribution in [0.5, 0.6) is 0 Å². The summed E-state index contributed by atoms with van der Waals surface area (Å²) in [4.78, 5) is 6.84. The summed E-state index contributed by atoms with van der Waals surface area (Å²) in [5, 5.41) is 3.72. The molecule has 106 valence electrons. The van der Waals surface area contributed by atoms with Crippen molar-refractivity contribution in [1.29, 1.82) is 0 Å². The number of rotatable bonds is 4. The zero-order chi connectivity index (χ0) is 13.4. The van der Waals surface area contributed by atoms with E-state index in [1.165, 1.54) is 31.4 Å². The second-order valence-electron chi connectivity index (χ2n) is 6.56. The topological polar surface area (TPSA) is 33.1 Å². The molecule has 2 aliphatic rings. The van der Waals surface area contributed by atoms with Gasteiger partial charge in [0.25, 0.3) is 0 Å². The van der Waals surface area contributed by atoms with Crippen LogP contribution in [0.4, 0.5) is 0 Å². The van der Waals surface area contributed by atoms with Crippen LogP contribution in [-0.2, 0) is 6.54 Å². The Kier molecular flexibility index (Phi) is 3.63. The van der Waals surface area contributed by atoms with Gasteiger partial charge in [-0.1, -0.05) is 0 Å². The van der Waals surface area contributed by atoms with Crippen LogP contribution in [0.2, 0.25) is 0 Å². The fraction of sp³-hybridized carbons (Fsp3) is 0.800. The Bertz CT molecular complexity index is 414. The molecule has 4 nitrogen and oxygen atoms in total. The highest BCUT2D eigenvalue weighted by atomic mass is 15.2. The number of nitrogens with zero attached hydrogens (tertiary/aromatic N) is 3. The molecule has 2 saturated heterocycles. The van der Waals surface area contributed by atoms with Crippen molar-refractivity contribution in [2.75, 3.05) is 7.05 Å². The summed E-state index contributed by atoms with van der Waals surface area (Å²) in [5.74, 6) is 0. The monoisotopic (exact) mass is 262 g/mol. The summed E-state index contributed by atoms with van der Waals surface area (Å²) in [6.07, 6.45) is 9.34. The van der Waals surface area contributed by atoms with Gasteiger partial charge < -0.3 is 9.88 Å². The Morgan fingerprint density at radius 3 is 2.68 bits per heavy atom. The van der Waals surface area contributed by atoms with Gasteiger partial charge in [-0.15, -0.1) is 0 Å². The Labute approximate surface area is 116 Å². The average molecular weight is 262 g/mol. The average Bonchev–Trinajstić information content (AvgIpc) is 2.96. The molecule has 2 fully saturated rings. The highest BCUT2D eigenvalue weighted by Gasteiger charge is 2.35. The van der Waals surface area contributed by atoms with E-state index in [1.807, 2.05) is 12.5 Å². The molecule has 0 aliphatic carbocycles. The van der Waals surface area contributed by atoms with E-state index in [9.17, 15) is 0 Å². The number of fused-ring (bicyclic) bond motifs is 2. The van der Waals surface area contributed by atoms with Gasteiger partial charge in [0.15, 0.2) is 0 Å². The molecule has 0 spiro atoms. The normalized spacial score (nSPS) is 30.5. The lowest BCUT2D eigenvalue weighted by atomic mass is 9.98. The summed E-state index contributed by atoms with van der Waals surface area (Å²) >= 11 is 0. The lowest BCUT2D eigenvalue weighted by Gasteiger charge is -2.35. The molecule has 3 heterocycles. The molecular formula is C15H26N4. The van der Waals surface area contributed by atoms with Gasteiger partial charge in [-0.05, 0) is 46.6 Å². The molecular weight excluding hydrogens is 236 g/mol. The summed E-state index contributed by atoms with van der Waals surface area (Å²) < 4.78 is 2.28. The van der Waals surface area contributed by atoms with Gasteiger partial charge >= 0.3 is 0 Å². The summed E-state index contributed by atoms with van der Waals surface area (Å²) in [7, 11) is 2.27. The van der Waals surface area contributed by atoms with Crippen molar-refractivity contribution in [2.24, 2.45) is 0 Å². The van der Waals surface area contributed by atoms with E-state index < -0.39 is 0 Å². The molecule has 1 N–H and O–H groups in total. The van der Waals surface area contributed by atoms with Crippen molar-refractivity contribution < 1.29 is 0 Å². The zero-order valence-electron chi connectivity index (χ0n) is 12.3. The van der Waals surface area contributed by atoms with E-state index >= 15 is 0 Å². The molecule has 0 saturated carbocycles. The second-order valence-corrected chi connectivity index (χ2v) is 6.56. The number of nitrogens with one attached hydrogen (secondary N) is 1. The molecule has 2 aliphatic heterocycles. The molecule has 0 amide bonds. The molecule has 1 aromatic heterocycles. The quantitative estimate of drug-likeness (QED) is 0.903. The van der Waals surface area contributed by atoms with Crippen molar-refractivity contribution in [3.63, 3.8) is 0 Å². The van der Waals surface area contributed by atoms with E-state index in [0.29, 0.717) is 6.04 Å². The highest BCUT2D eigenvalue weighted by Crippen LogP contribution is 2.29. The zero-order valence-corrected chi connectivity index (χ0v) is 12.3. The van der Waals surface area contributed by atoms with Gasteiger partial charge in [-0.25, -0.2) is 4.98 Å². The number of hydrogen-bond acceptors (Lipinski definition) is 3. The summed E-state index contributed by atoms with van der Waals surface area (Å²) in [5.41, 5.74) is 1.34. The SMILES string of the molecule is CC(C)n1cncc1CN(C)C1CC2CCC(C1)N2. The van der Waals surface area contributed by atoms with Crippen LogP contribution in [0, 0.1) is 0 Å². The van der Waals surface area contributed by atoms with Crippen LogP contribution in [0.25, 0.3) is 0 Å². The third-order valence-corrected chi connectivity index (χ3v) is 4.79. The van der Waals surface area contributed by atoms with Crippen molar-refractivity contribution in [3.05, 3.63) is 18.2 Å². The van der Waals surface area contributed by atoms with Crippen LogP contribution < -0.4 is 5.32 Å². The first-order valence-corrected chi connectivity index (χ1v) is 7.60. The lowest BCUT2D eigenvalue weighted by Crippen LogP contribution is -2.46. The molecule has 2 unspecified atom stereocenters. The lowest BCUT2D eigenvalue weighted by molar-refractivity contribution is 0.162. The fourth-order valence-electron chi connectivity index (χ4n) is 3.69.